The SMILES string of the molecule is CC(=O)CC(=O)N[C@H](C(=O)C[C@@H](CCCNC(N)=O)C(=O)Nc1ccc(COC(=O)CCC(C)(C)C)cc1)C(C)C. The molecule has 0 saturated carbocycles. The van der Waals surface area contributed by atoms with Crippen LogP contribution in [0.3, 0.4) is 0 Å². The molecule has 228 valence electrons. The van der Waals surface area contributed by atoms with Crippen molar-refractivity contribution in [2.75, 3.05) is 11.9 Å². The first kappa shape index (κ1) is 35.3. The van der Waals surface area contributed by atoms with Crippen LogP contribution in [0.5, 0.6) is 0 Å². The predicted octanol–water partition coefficient (Wildman–Crippen LogP) is 3.64. The van der Waals surface area contributed by atoms with Crippen LogP contribution in [-0.2, 0) is 35.3 Å². The number of nitrogens with one attached hydrogen (secondary N) is 3. The number of carbonyl (C=O) groups is 6. The maximum absolute atomic E-state index is 13.2. The Kier molecular flexibility index (Phi) is 14.7. The molecule has 11 heteroatoms. The van der Waals surface area contributed by atoms with E-state index in [0.717, 1.165) is 12.0 Å². The molecule has 0 aromatic heterocycles. The third kappa shape index (κ3) is 15.6. The van der Waals surface area contributed by atoms with Gasteiger partial charge in [0.15, 0.2) is 5.78 Å². The van der Waals surface area contributed by atoms with E-state index in [0.29, 0.717) is 18.5 Å². The van der Waals surface area contributed by atoms with Gasteiger partial charge in [-0.25, -0.2) is 4.79 Å². The number of ketones is 2. The van der Waals surface area contributed by atoms with Crippen molar-refractivity contribution in [2.45, 2.75) is 92.7 Å². The van der Waals surface area contributed by atoms with Crippen molar-refractivity contribution in [1.82, 2.24) is 10.6 Å². The smallest absolute Gasteiger partial charge is 0.312 e. The fourth-order valence-corrected chi connectivity index (χ4v) is 3.97. The van der Waals surface area contributed by atoms with Crippen molar-refractivity contribution < 1.29 is 33.5 Å². The second-order valence-electron chi connectivity index (χ2n) is 11.9. The number of Topliss-reactive ketones (excluding diaryl/α,β-unsaturated/α-hetero) is 2. The molecular weight excluding hydrogens is 528 g/mol. The summed E-state index contributed by atoms with van der Waals surface area (Å²) >= 11 is 0. The third-order valence-electron chi connectivity index (χ3n) is 6.29. The molecule has 1 aromatic carbocycles. The minimum absolute atomic E-state index is 0.0405. The summed E-state index contributed by atoms with van der Waals surface area (Å²) in [4.78, 5) is 72.8. The molecule has 1 aromatic rings. The van der Waals surface area contributed by atoms with Crippen molar-refractivity contribution in [3.8, 4) is 0 Å². The molecule has 0 aliphatic heterocycles. The Labute approximate surface area is 242 Å². The Morgan fingerprint density at radius 2 is 1.63 bits per heavy atom. The molecule has 0 aliphatic rings. The normalized spacial score (nSPS) is 12.7. The lowest BCUT2D eigenvalue weighted by molar-refractivity contribution is -0.145. The highest BCUT2D eigenvalue weighted by molar-refractivity contribution is 6.00. The molecule has 11 nitrogen and oxygen atoms in total. The number of amides is 4. The van der Waals surface area contributed by atoms with Crippen LogP contribution >= 0.6 is 0 Å². The summed E-state index contributed by atoms with van der Waals surface area (Å²) in [5, 5.41) is 7.90. The van der Waals surface area contributed by atoms with Crippen LogP contribution in [0.15, 0.2) is 24.3 Å². The van der Waals surface area contributed by atoms with Crippen molar-refractivity contribution in [3.05, 3.63) is 29.8 Å². The van der Waals surface area contributed by atoms with Crippen LogP contribution in [0.1, 0.15) is 85.6 Å². The molecule has 0 spiro atoms. The van der Waals surface area contributed by atoms with Gasteiger partial charge in [-0.05, 0) is 55.2 Å². The van der Waals surface area contributed by atoms with E-state index in [1.54, 1.807) is 38.1 Å². The summed E-state index contributed by atoms with van der Waals surface area (Å²) < 4.78 is 5.34. The van der Waals surface area contributed by atoms with E-state index in [2.05, 4.69) is 36.7 Å². The summed E-state index contributed by atoms with van der Waals surface area (Å²) in [6.07, 6.45) is 1.27. The van der Waals surface area contributed by atoms with Crippen LogP contribution in [0, 0.1) is 17.3 Å². The maximum Gasteiger partial charge on any atom is 0.312 e. The van der Waals surface area contributed by atoms with Crippen LogP contribution in [0.2, 0.25) is 0 Å². The molecule has 0 aliphatic carbocycles. The Bertz CT molecular complexity index is 1060. The topological polar surface area (TPSA) is 174 Å². The highest BCUT2D eigenvalue weighted by Crippen LogP contribution is 2.22. The molecule has 5 N–H and O–H groups in total. The van der Waals surface area contributed by atoms with Gasteiger partial charge in [0, 0.05) is 31.0 Å². The molecule has 1 rings (SSSR count). The number of hydrogen-bond donors (Lipinski definition) is 4. The third-order valence-corrected chi connectivity index (χ3v) is 6.29. The first-order valence-corrected chi connectivity index (χ1v) is 14.0. The summed E-state index contributed by atoms with van der Waals surface area (Å²) in [6.45, 7) is 11.4. The summed E-state index contributed by atoms with van der Waals surface area (Å²) in [5.41, 5.74) is 6.42. The first-order chi connectivity index (χ1) is 19.1. The Balaban J connectivity index is 2.86. The number of carbonyl (C=O) groups excluding carboxylic acids is 6. The van der Waals surface area contributed by atoms with Gasteiger partial charge in [-0.1, -0.05) is 46.8 Å². The van der Waals surface area contributed by atoms with Crippen LogP contribution in [0.25, 0.3) is 0 Å². The number of hydrogen-bond acceptors (Lipinski definition) is 7. The van der Waals surface area contributed by atoms with E-state index in [-0.39, 0.29) is 61.3 Å². The van der Waals surface area contributed by atoms with E-state index >= 15 is 0 Å². The van der Waals surface area contributed by atoms with Gasteiger partial charge < -0.3 is 26.4 Å². The quantitative estimate of drug-likeness (QED) is 0.125. The molecule has 0 unspecified atom stereocenters. The molecule has 0 radical (unpaired) electrons. The average Bonchev–Trinajstić information content (AvgIpc) is 2.86. The van der Waals surface area contributed by atoms with Gasteiger partial charge in [-0.15, -0.1) is 0 Å². The van der Waals surface area contributed by atoms with Gasteiger partial charge in [-0.2, -0.15) is 0 Å². The molecule has 4 amide bonds. The number of anilines is 1. The Morgan fingerprint density at radius 3 is 2.17 bits per heavy atom. The summed E-state index contributed by atoms with van der Waals surface area (Å²) in [6, 6.07) is 5.30. The van der Waals surface area contributed by atoms with Gasteiger partial charge in [0.1, 0.15) is 12.4 Å². The zero-order chi connectivity index (χ0) is 31.2. The monoisotopic (exact) mass is 574 g/mol. The molecule has 0 fully saturated rings. The highest BCUT2D eigenvalue weighted by atomic mass is 16.5. The molecular formula is C30H46N4O7. The maximum atomic E-state index is 13.2. The largest absolute Gasteiger partial charge is 0.461 e. The number of ether oxygens (including phenoxy) is 1. The Morgan fingerprint density at radius 1 is 1.00 bits per heavy atom. The number of benzene rings is 1. The predicted molar refractivity (Wildman–Crippen MR) is 156 cm³/mol. The van der Waals surface area contributed by atoms with Crippen molar-refractivity contribution >= 4 is 41.1 Å². The number of primary amides is 1. The van der Waals surface area contributed by atoms with Crippen molar-refractivity contribution in [2.24, 2.45) is 23.0 Å². The van der Waals surface area contributed by atoms with Crippen LogP contribution in [-0.4, -0.2) is 48.0 Å². The van der Waals surface area contributed by atoms with Crippen molar-refractivity contribution in [3.63, 3.8) is 0 Å². The number of rotatable bonds is 17. The Hall–Kier alpha value is -3.76. The van der Waals surface area contributed by atoms with E-state index in [9.17, 15) is 28.8 Å². The van der Waals surface area contributed by atoms with Crippen LogP contribution in [0.4, 0.5) is 10.5 Å². The average molecular weight is 575 g/mol. The van der Waals surface area contributed by atoms with Gasteiger partial charge in [0.2, 0.25) is 11.8 Å². The zero-order valence-corrected chi connectivity index (χ0v) is 25.1. The van der Waals surface area contributed by atoms with Crippen LogP contribution < -0.4 is 21.7 Å². The van der Waals surface area contributed by atoms with Gasteiger partial charge >= 0.3 is 12.0 Å². The lowest BCUT2D eigenvalue weighted by atomic mass is 9.89. The minimum Gasteiger partial charge on any atom is -0.461 e. The summed E-state index contributed by atoms with van der Waals surface area (Å²) in [5.74, 6) is -2.86. The lowest BCUT2D eigenvalue weighted by Crippen LogP contribution is -2.46. The van der Waals surface area contributed by atoms with E-state index in [1.165, 1.54) is 6.92 Å². The van der Waals surface area contributed by atoms with E-state index in [1.807, 2.05) is 0 Å². The molecule has 0 saturated heterocycles. The standard InChI is InChI=1S/C30H46N4O7/c1-19(2)27(34-25(37)16-20(3)35)24(36)17-22(8-7-15-32-29(31)40)28(39)33-23-11-9-21(10-12-23)18-41-26(38)13-14-30(4,5)6/h9-12,19,22,27H,7-8,13-18H2,1-6H3,(H,33,39)(H,34,37)(H3,31,32,40)/t22-,27+/m1/s1. The second-order valence-corrected chi connectivity index (χ2v) is 11.9. The first-order valence-electron chi connectivity index (χ1n) is 14.0. The lowest BCUT2D eigenvalue weighted by Gasteiger charge is -2.24. The fourth-order valence-electron chi connectivity index (χ4n) is 3.97. The molecule has 2 atom stereocenters. The summed E-state index contributed by atoms with van der Waals surface area (Å²) in [7, 11) is 0. The van der Waals surface area contributed by atoms with Crippen molar-refractivity contribution in [1.29, 1.82) is 0 Å². The van der Waals surface area contributed by atoms with E-state index in [4.69, 9.17) is 10.5 Å². The number of urea groups is 1. The fraction of sp³-hybridized carbons (Fsp3) is 0.600. The number of esters is 1. The number of nitrogens with two attached hydrogens (primary N) is 1. The van der Waals surface area contributed by atoms with Gasteiger partial charge in [-0.3, -0.25) is 24.0 Å². The zero-order valence-electron chi connectivity index (χ0n) is 25.1. The van der Waals surface area contributed by atoms with Gasteiger partial charge in [0.25, 0.3) is 0 Å². The van der Waals surface area contributed by atoms with Gasteiger partial charge in [0.05, 0.1) is 12.5 Å². The van der Waals surface area contributed by atoms with E-state index < -0.39 is 29.8 Å². The molecule has 41 heavy (non-hydrogen) atoms. The highest BCUT2D eigenvalue weighted by Gasteiger charge is 2.29. The second kappa shape index (κ2) is 17.1. The molecule has 0 bridgehead atoms. The molecule has 0 heterocycles. The minimum atomic E-state index is -0.855.